The van der Waals surface area contributed by atoms with Crippen molar-refractivity contribution in [1.82, 2.24) is 0 Å². The first-order valence-electron chi connectivity index (χ1n) is 12.6. The normalized spacial score (nSPS) is 14.5. The van der Waals surface area contributed by atoms with E-state index in [1.165, 1.54) is 0 Å². The molecule has 4 aromatic carbocycles. The van der Waals surface area contributed by atoms with E-state index in [2.05, 4.69) is 0 Å². The van der Waals surface area contributed by atoms with Gasteiger partial charge in [-0.3, -0.25) is 0 Å². The molecule has 1 atom stereocenters. The predicted molar refractivity (Wildman–Crippen MR) is 142 cm³/mol. The summed E-state index contributed by atoms with van der Waals surface area (Å²) < 4.78 is 22.1. The fraction of sp³-hybridized carbons (Fsp3) is 0.156. The van der Waals surface area contributed by atoms with E-state index in [9.17, 15) is 9.59 Å². The van der Waals surface area contributed by atoms with E-state index in [0.717, 1.165) is 35.3 Å². The van der Waals surface area contributed by atoms with Crippen molar-refractivity contribution in [3.05, 3.63) is 113 Å². The molecule has 39 heavy (non-hydrogen) atoms. The van der Waals surface area contributed by atoms with Crippen LogP contribution < -0.4 is 14.2 Å². The number of hydrogen-bond donors (Lipinski definition) is 0. The van der Waals surface area contributed by atoms with Crippen LogP contribution in [0.1, 0.15) is 43.8 Å². The maximum absolute atomic E-state index is 12.7. The number of carbonyl (C=O) groups excluding carboxylic acids is 2. The molecule has 0 spiro atoms. The van der Waals surface area contributed by atoms with Gasteiger partial charge >= 0.3 is 11.9 Å². The summed E-state index contributed by atoms with van der Waals surface area (Å²) in [6.45, 7) is 1.38. The average Bonchev–Trinajstić information content (AvgIpc) is 3.72. The van der Waals surface area contributed by atoms with E-state index in [0.29, 0.717) is 53.1 Å². The SMILES string of the molecule is N#Cc1ccc(C(=O)Oc2ccc3c(c2)Cc2cc(OC(=O)c4ccc(OCCC5CO5)cc4)ccc2-3)cc1. The van der Waals surface area contributed by atoms with Crippen molar-refractivity contribution in [3.63, 3.8) is 0 Å². The predicted octanol–water partition coefficient (Wildman–Crippen LogP) is 5.74. The maximum Gasteiger partial charge on any atom is 0.343 e. The first-order chi connectivity index (χ1) is 19.1. The van der Waals surface area contributed by atoms with Crippen LogP contribution in [-0.4, -0.2) is 31.3 Å². The van der Waals surface area contributed by atoms with Gasteiger partial charge in [0, 0.05) is 6.42 Å². The minimum Gasteiger partial charge on any atom is -0.493 e. The highest BCUT2D eigenvalue weighted by molar-refractivity contribution is 5.92. The molecule has 0 N–H and O–H groups in total. The molecule has 1 unspecified atom stereocenters. The van der Waals surface area contributed by atoms with Gasteiger partial charge in [0.15, 0.2) is 0 Å². The number of nitriles is 1. The molecule has 4 aromatic rings. The Bertz CT molecular complexity index is 1600. The molecule has 0 amide bonds. The van der Waals surface area contributed by atoms with Gasteiger partial charge in [-0.2, -0.15) is 5.26 Å². The summed E-state index contributed by atoms with van der Waals surface area (Å²) >= 11 is 0. The van der Waals surface area contributed by atoms with Gasteiger partial charge in [0.1, 0.15) is 17.2 Å². The Morgan fingerprint density at radius 1 is 0.769 bits per heavy atom. The Hall–Kier alpha value is -4.93. The lowest BCUT2D eigenvalue weighted by Crippen LogP contribution is -2.08. The van der Waals surface area contributed by atoms with Crippen LogP contribution in [0.15, 0.2) is 84.9 Å². The smallest absolute Gasteiger partial charge is 0.343 e. The molecule has 0 aromatic heterocycles. The quantitative estimate of drug-likeness (QED) is 0.147. The lowest BCUT2D eigenvalue weighted by Gasteiger charge is -2.08. The van der Waals surface area contributed by atoms with E-state index in [4.69, 9.17) is 24.2 Å². The molecular weight excluding hydrogens is 494 g/mol. The van der Waals surface area contributed by atoms with Gasteiger partial charge < -0.3 is 18.9 Å². The van der Waals surface area contributed by atoms with Crippen LogP contribution in [0.5, 0.6) is 17.2 Å². The summed E-state index contributed by atoms with van der Waals surface area (Å²) in [5.41, 5.74) is 5.42. The van der Waals surface area contributed by atoms with Crippen LogP contribution in [0.3, 0.4) is 0 Å². The summed E-state index contributed by atoms with van der Waals surface area (Å²) in [7, 11) is 0. The van der Waals surface area contributed by atoms with Crippen molar-refractivity contribution in [3.8, 4) is 34.4 Å². The van der Waals surface area contributed by atoms with Gasteiger partial charge in [-0.05, 0) is 101 Å². The Labute approximate surface area is 225 Å². The summed E-state index contributed by atoms with van der Waals surface area (Å²) in [6, 6.07) is 26.3. The van der Waals surface area contributed by atoms with Crippen LogP contribution in [0.4, 0.5) is 0 Å². The Morgan fingerprint density at radius 2 is 1.28 bits per heavy atom. The van der Waals surface area contributed by atoms with Crippen molar-refractivity contribution in [2.75, 3.05) is 13.2 Å². The zero-order valence-electron chi connectivity index (χ0n) is 20.9. The highest BCUT2D eigenvalue weighted by Gasteiger charge is 2.22. The van der Waals surface area contributed by atoms with Crippen molar-refractivity contribution >= 4 is 11.9 Å². The van der Waals surface area contributed by atoms with E-state index < -0.39 is 11.9 Å². The van der Waals surface area contributed by atoms with Crippen LogP contribution in [0.2, 0.25) is 0 Å². The van der Waals surface area contributed by atoms with Gasteiger partial charge in [-0.1, -0.05) is 12.1 Å². The van der Waals surface area contributed by atoms with Crippen molar-refractivity contribution < 1.29 is 28.5 Å². The second-order valence-electron chi connectivity index (χ2n) is 9.40. The first-order valence-corrected chi connectivity index (χ1v) is 12.6. The van der Waals surface area contributed by atoms with E-state index in [1.54, 1.807) is 60.7 Å². The minimum absolute atomic E-state index is 0.319. The molecule has 2 aliphatic rings. The van der Waals surface area contributed by atoms with Gasteiger partial charge in [-0.15, -0.1) is 0 Å². The molecule has 0 bridgehead atoms. The monoisotopic (exact) mass is 517 g/mol. The fourth-order valence-electron chi connectivity index (χ4n) is 4.53. The zero-order chi connectivity index (χ0) is 26.8. The number of epoxide rings is 1. The van der Waals surface area contributed by atoms with Crippen LogP contribution in [0.25, 0.3) is 11.1 Å². The van der Waals surface area contributed by atoms with Crippen LogP contribution in [-0.2, 0) is 11.2 Å². The Kier molecular flexibility index (Phi) is 6.54. The summed E-state index contributed by atoms with van der Waals surface area (Å²) in [5.74, 6) is 0.668. The van der Waals surface area contributed by atoms with Crippen molar-refractivity contribution in [2.45, 2.75) is 18.9 Å². The minimum atomic E-state index is -0.489. The topological polar surface area (TPSA) is 98.2 Å². The molecule has 192 valence electrons. The number of rotatable bonds is 8. The number of carbonyl (C=O) groups is 2. The fourth-order valence-corrected chi connectivity index (χ4v) is 4.53. The highest BCUT2D eigenvalue weighted by Crippen LogP contribution is 2.40. The molecule has 0 saturated carbocycles. The maximum atomic E-state index is 12.7. The standard InChI is InChI=1S/C32H23NO6/c33-18-20-1-3-21(4-2-20)31(34)38-26-9-11-29-23(16-26)15-24-17-27(10-12-30(24)29)39-32(35)22-5-7-25(8-6-22)36-14-13-28-19-37-28/h1-12,16-17,28H,13-15,19H2. The lowest BCUT2D eigenvalue weighted by atomic mass is 10.1. The summed E-state index contributed by atoms with van der Waals surface area (Å²) in [4.78, 5) is 25.2. The third kappa shape index (κ3) is 5.52. The number of hydrogen-bond acceptors (Lipinski definition) is 7. The molecule has 6 rings (SSSR count). The van der Waals surface area contributed by atoms with E-state index >= 15 is 0 Å². The zero-order valence-corrected chi connectivity index (χ0v) is 20.9. The summed E-state index contributed by atoms with van der Waals surface area (Å²) in [5, 5.41) is 8.93. The van der Waals surface area contributed by atoms with Crippen LogP contribution >= 0.6 is 0 Å². The molecule has 1 saturated heterocycles. The third-order valence-electron chi connectivity index (χ3n) is 6.70. The molecule has 1 aliphatic carbocycles. The van der Waals surface area contributed by atoms with E-state index in [1.807, 2.05) is 30.3 Å². The number of fused-ring (bicyclic) bond motifs is 3. The third-order valence-corrected chi connectivity index (χ3v) is 6.70. The largest absolute Gasteiger partial charge is 0.493 e. The van der Waals surface area contributed by atoms with Gasteiger partial charge in [0.25, 0.3) is 0 Å². The van der Waals surface area contributed by atoms with Crippen molar-refractivity contribution in [2.24, 2.45) is 0 Å². The Balaban J connectivity index is 1.09. The van der Waals surface area contributed by atoms with Crippen molar-refractivity contribution in [1.29, 1.82) is 5.26 Å². The molecule has 7 heteroatoms. The molecule has 1 heterocycles. The number of esters is 2. The second-order valence-corrected chi connectivity index (χ2v) is 9.40. The number of nitrogens with zero attached hydrogens (tertiary/aromatic N) is 1. The number of ether oxygens (including phenoxy) is 4. The highest BCUT2D eigenvalue weighted by atomic mass is 16.6. The number of benzene rings is 4. The molecule has 1 aliphatic heterocycles. The molecular formula is C32H23NO6. The second kappa shape index (κ2) is 10.4. The average molecular weight is 518 g/mol. The van der Waals surface area contributed by atoms with Gasteiger partial charge in [0.2, 0.25) is 0 Å². The van der Waals surface area contributed by atoms with Gasteiger partial charge in [0.05, 0.1) is 42.1 Å². The first kappa shape index (κ1) is 24.4. The van der Waals surface area contributed by atoms with Crippen LogP contribution in [0, 0.1) is 11.3 Å². The van der Waals surface area contributed by atoms with Gasteiger partial charge in [-0.25, -0.2) is 9.59 Å². The van der Waals surface area contributed by atoms with E-state index in [-0.39, 0.29) is 0 Å². The Morgan fingerprint density at radius 3 is 1.79 bits per heavy atom. The molecule has 0 radical (unpaired) electrons. The lowest BCUT2D eigenvalue weighted by molar-refractivity contribution is 0.0725. The molecule has 1 fully saturated rings. The molecule has 7 nitrogen and oxygen atoms in total. The summed E-state index contributed by atoms with van der Waals surface area (Å²) in [6.07, 6.45) is 1.80.